The van der Waals surface area contributed by atoms with Crippen molar-refractivity contribution < 1.29 is 36.8 Å². The minimum atomic E-state index is -4.08. The van der Waals surface area contributed by atoms with Crippen LogP contribution in [0.1, 0.15) is 5.56 Å². The topological polar surface area (TPSA) is 127 Å². The maximum atomic E-state index is 13.2. The molecular weight excluding hydrogens is 550 g/mol. The average Bonchev–Trinajstić information content (AvgIpc) is 3.00. The van der Waals surface area contributed by atoms with E-state index in [2.05, 4.69) is 14.7 Å². The molecule has 0 atom stereocenters. The van der Waals surface area contributed by atoms with E-state index >= 15 is 0 Å². The van der Waals surface area contributed by atoms with Gasteiger partial charge in [0.15, 0.2) is 34.6 Å². The highest BCUT2D eigenvalue weighted by Crippen LogP contribution is 2.44. The monoisotopic (exact) mass is 579 g/mol. The fourth-order valence-corrected chi connectivity index (χ4v) is 4.60. The second-order valence-electron chi connectivity index (χ2n) is 8.26. The van der Waals surface area contributed by atoms with Crippen LogP contribution in [0.2, 0.25) is 0 Å². The molecule has 0 bridgehead atoms. The van der Waals surface area contributed by atoms with Crippen LogP contribution < -0.4 is 33.1 Å². The van der Waals surface area contributed by atoms with Gasteiger partial charge in [0.05, 0.1) is 41.0 Å². The number of para-hydroxylation sites is 2. The molecule has 4 aromatic rings. The summed E-state index contributed by atoms with van der Waals surface area (Å²) in [6, 6.07) is 19.1. The van der Waals surface area contributed by atoms with E-state index in [-0.39, 0.29) is 29.0 Å². The van der Waals surface area contributed by atoms with Crippen LogP contribution in [0.5, 0.6) is 40.4 Å². The summed E-state index contributed by atoms with van der Waals surface area (Å²) in [4.78, 5) is 9.02. The Bertz CT molecular complexity index is 1620. The van der Waals surface area contributed by atoms with Gasteiger partial charge in [-0.2, -0.15) is 4.98 Å². The van der Waals surface area contributed by atoms with Gasteiger partial charge < -0.3 is 28.4 Å². The van der Waals surface area contributed by atoms with Gasteiger partial charge in [-0.05, 0) is 35.9 Å². The minimum absolute atomic E-state index is 0.0422. The second kappa shape index (κ2) is 12.9. The van der Waals surface area contributed by atoms with Crippen LogP contribution >= 0.6 is 0 Å². The molecule has 1 aromatic heterocycles. The number of ether oxygens (including phenoxy) is 6. The van der Waals surface area contributed by atoms with Crippen molar-refractivity contribution in [1.29, 1.82) is 0 Å². The molecule has 4 rings (SSSR count). The molecule has 0 aliphatic carbocycles. The first-order valence-corrected chi connectivity index (χ1v) is 13.7. The molecule has 0 saturated heterocycles. The van der Waals surface area contributed by atoms with E-state index in [9.17, 15) is 8.42 Å². The molecule has 0 saturated carbocycles. The number of hydrogen-bond acceptors (Lipinski definition) is 10. The Labute approximate surface area is 238 Å². The highest BCUT2D eigenvalue weighted by atomic mass is 32.2. The molecule has 0 aliphatic heterocycles. The molecule has 12 heteroatoms. The van der Waals surface area contributed by atoms with Crippen molar-refractivity contribution in [3.63, 3.8) is 0 Å². The predicted molar refractivity (Wildman–Crippen MR) is 155 cm³/mol. The Kier molecular flexibility index (Phi) is 9.15. The highest BCUT2D eigenvalue weighted by Gasteiger charge is 2.24. The van der Waals surface area contributed by atoms with Gasteiger partial charge in [-0.25, -0.2) is 13.4 Å². The van der Waals surface area contributed by atoms with Crippen molar-refractivity contribution in [2.45, 2.75) is 0 Å². The largest absolute Gasteiger partial charge is 0.493 e. The number of aromatic nitrogens is 2. The lowest BCUT2D eigenvalue weighted by Crippen LogP contribution is -2.13. The van der Waals surface area contributed by atoms with Crippen molar-refractivity contribution in [3.05, 3.63) is 77.7 Å². The SMILES string of the molecule is COc1ccccc1Oc1c(NS(=O)(=O)/C=C/c2ccccc2)nc(-c2cc(OC)c(OC)c(OC)c2)nc1OC. The van der Waals surface area contributed by atoms with Crippen LogP contribution in [0.15, 0.2) is 72.1 Å². The summed E-state index contributed by atoms with van der Waals surface area (Å²) < 4.78 is 62.2. The maximum Gasteiger partial charge on any atom is 0.263 e. The number of sulfonamides is 1. The maximum absolute atomic E-state index is 13.2. The number of anilines is 1. The lowest BCUT2D eigenvalue weighted by molar-refractivity contribution is 0.324. The fraction of sp³-hybridized carbons (Fsp3) is 0.172. The Balaban J connectivity index is 1.87. The van der Waals surface area contributed by atoms with Crippen LogP contribution in [0.25, 0.3) is 17.5 Å². The van der Waals surface area contributed by atoms with Gasteiger partial charge >= 0.3 is 0 Å². The first kappa shape index (κ1) is 29.0. The number of methoxy groups -OCH3 is 5. The lowest BCUT2D eigenvalue weighted by atomic mass is 10.1. The van der Waals surface area contributed by atoms with Gasteiger partial charge in [-0.15, -0.1) is 0 Å². The second-order valence-corrected chi connectivity index (χ2v) is 9.83. The van der Waals surface area contributed by atoms with E-state index < -0.39 is 10.0 Å². The van der Waals surface area contributed by atoms with Crippen LogP contribution in [-0.4, -0.2) is 53.9 Å². The van der Waals surface area contributed by atoms with Crippen molar-refractivity contribution in [1.82, 2.24) is 9.97 Å². The Hall–Kier alpha value is -4.97. The Morgan fingerprint density at radius 1 is 0.683 bits per heavy atom. The Morgan fingerprint density at radius 2 is 1.29 bits per heavy atom. The van der Waals surface area contributed by atoms with Crippen LogP contribution in [0.3, 0.4) is 0 Å². The summed E-state index contributed by atoms with van der Waals surface area (Å²) in [6.45, 7) is 0. The molecule has 41 heavy (non-hydrogen) atoms. The molecule has 0 fully saturated rings. The van der Waals surface area contributed by atoms with Crippen LogP contribution in [-0.2, 0) is 10.0 Å². The van der Waals surface area contributed by atoms with E-state index in [1.165, 1.54) is 41.6 Å². The zero-order valence-electron chi connectivity index (χ0n) is 23.1. The highest BCUT2D eigenvalue weighted by molar-refractivity contribution is 7.95. The van der Waals surface area contributed by atoms with E-state index in [4.69, 9.17) is 28.4 Å². The molecule has 0 aliphatic rings. The van der Waals surface area contributed by atoms with E-state index in [1.54, 1.807) is 60.7 Å². The molecule has 1 heterocycles. The van der Waals surface area contributed by atoms with Crippen molar-refractivity contribution in [3.8, 4) is 51.8 Å². The molecule has 0 spiro atoms. The zero-order valence-corrected chi connectivity index (χ0v) is 23.9. The summed E-state index contributed by atoms with van der Waals surface area (Å²) in [5, 5.41) is 1.03. The lowest BCUT2D eigenvalue weighted by Gasteiger charge is -2.18. The molecule has 11 nitrogen and oxygen atoms in total. The number of nitrogens with one attached hydrogen (secondary N) is 1. The third-order valence-corrected chi connectivity index (χ3v) is 6.68. The van der Waals surface area contributed by atoms with Crippen molar-refractivity contribution in [2.24, 2.45) is 0 Å². The van der Waals surface area contributed by atoms with Gasteiger partial charge in [-0.3, -0.25) is 4.72 Å². The predicted octanol–water partition coefficient (Wildman–Crippen LogP) is 5.39. The molecule has 0 unspecified atom stereocenters. The Morgan fingerprint density at radius 3 is 1.88 bits per heavy atom. The van der Waals surface area contributed by atoms with Gasteiger partial charge in [0.2, 0.25) is 11.5 Å². The number of benzene rings is 3. The summed E-state index contributed by atoms with van der Waals surface area (Å²) in [6.07, 6.45) is 1.46. The number of nitrogens with zero attached hydrogens (tertiary/aromatic N) is 2. The molecule has 1 N–H and O–H groups in total. The van der Waals surface area contributed by atoms with Gasteiger partial charge in [-0.1, -0.05) is 42.5 Å². The molecule has 3 aromatic carbocycles. The number of hydrogen-bond donors (Lipinski definition) is 1. The van der Waals surface area contributed by atoms with Crippen LogP contribution in [0, 0.1) is 0 Å². The summed E-state index contributed by atoms with van der Waals surface area (Å²) in [5.41, 5.74) is 1.13. The van der Waals surface area contributed by atoms with Crippen LogP contribution in [0.4, 0.5) is 5.82 Å². The summed E-state index contributed by atoms with van der Waals surface area (Å²) in [7, 11) is 3.23. The first-order chi connectivity index (χ1) is 19.8. The van der Waals surface area contributed by atoms with Gasteiger partial charge in [0.25, 0.3) is 15.9 Å². The quantitative estimate of drug-likeness (QED) is 0.233. The first-order valence-electron chi connectivity index (χ1n) is 12.2. The average molecular weight is 580 g/mol. The standard InChI is InChI=1S/C29H29N3O8S/c1-35-21-13-9-10-14-22(21)40-26-28(32-41(33,34)16-15-19-11-7-6-8-12-19)30-27(31-29(26)39-5)20-17-23(36-2)25(38-4)24(18-20)37-3/h6-18H,1-5H3,(H,30,31,32)/b16-15+. The molecule has 0 radical (unpaired) electrons. The molecule has 0 amide bonds. The summed E-state index contributed by atoms with van der Waals surface area (Å²) in [5.74, 6) is 1.57. The fourth-order valence-electron chi connectivity index (χ4n) is 3.78. The molecular formula is C29H29N3O8S. The third kappa shape index (κ3) is 6.79. The zero-order chi connectivity index (χ0) is 29.4. The summed E-state index contributed by atoms with van der Waals surface area (Å²) >= 11 is 0. The van der Waals surface area contributed by atoms with Gasteiger partial charge in [0.1, 0.15) is 0 Å². The minimum Gasteiger partial charge on any atom is -0.493 e. The van der Waals surface area contributed by atoms with E-state index in [1.807, 2.05) is 6.07 Å². The normalized spacial score (nSPS) is 11.1. The van der Waals surface area contributed by atoms with Gasteiger partial charge in [0, 0.05) is 5.56 Å². The van der Waals surface area contributed by atoms with Crippen molar-refractivity contribution >= 4 is 21.9 Å². The van der Waals surface area contributed by atoms with E-state index in [0.29, 0.717) is 34.1 Å². The number of rotatable bonds is 12. The third-order valence-electron chi connectivity index (χ3n) is 5.71. The molecule has 214 valence electrons. The smallest absolute Gasteiger partial charge is 0.263 e. The van der Waals surface area contributed by atoms with Crippen molar-refractivity contribution in [2.75, 3.05) is 40.3 Å². The van der Waals surface area contributed by atoms with E-state index in [0.717, 1.165) is 5.41 Å².